The summed E-state index contributed by atoms with van der Waals surface area (Å²) in [7, 11) is 0. The molecule has 2 N–H and O–H groups in total. The average Bonchev–Trinajstić information content (AvgIpc) is 2.69. The predicted octanol–water partition coefficient (Wildman–Crippen LogP) is 3.05. The van der Waals surface area contributed by atoms with Gasteiger partial charge in [-0.1, -0.05) is 18.2 Å². The molecular weight excluding hydrogens is 222 g/mol. The molecule has 2 heterocycles. The molecule has 3 rings (SSSR count). The summed E-state index contributed by atoms with van der Waals surface area (Å²) in [5, 5.41) is 0. The zero-order chi connectivity index (χ0) is 12.7. The van der Waals surface area contributed by atoms with Gasteiger partial charge in [0.1, 0.15) is 5.82 Å². The number of aryl methyl sites for hydroxylation is 1. The number of pyridine rings is 1. The van der Waals surface area contributed by atoms with Crippen molar-refractivity contribution in [2.24, 2.45) is 0 Å². The highest BCUT2D eigenvalue weighted by Crippen LogP contribution is 2.37. The van der Waals surface area contributed by atoms with Crippen LogP contribution in [-0.4, -0.2) is 11.0 Å². The van der Waals surface area contributed by atoms with Gasteiger partial charge in [-0.3, -0.25) is 0 Å². The van der Waals surface area contributed by atoms with Gasteiger partial charge in [0, 0.05) is 11.7 Å². The molecule has 1 aromatic carbocycles. The lowest BCUT2D eigenvalue weighted by Crippen LogP contribution is -2.25. The number of para-hydroxylation sites is 1. The second-order valence-corrected chi connectivity index (χ2v) is 4.90. The van der Waals surface area contributed by atoms with Gasteiger partial charge < -0.3 is 10.6 Å². The molecule has 3 nitrogen and oxygen atoms in total. The highest BCUT2D eigenvalue weighted by molar-refractivity contribution is 5.69. The highest BCUT2D eigenvalue weighted by Gasteiger charge is 2.27. The maximum Gasteiger partial charge on any atom is 0.133 e. The standard InChI is InChI=1S/C15H17N3/c1-10-9-12-5-3-4-6-14(12)18(10)15-8-7-13(16)11(2)17-15/h3-8,10H,9,16H2,1-2H3. The Balaban J connectivity index is 2.09. The van der Waals surface area contributed by atoms with Crippen molar-refractivity contribution in [3.63, 3.8) is 0 Å². The van der Waals surface area contributed by atoms with Gasteiger partial charge in [0.05, 0.1) is 11.4 Å². The van der Waals surface area contributed by atoms with Crippen molar-refractivity contribution in [2.45, 2.75) is 26.3 Å². The summed E-state index contributed by atoms with van der Waals surface area (Å²) >= 11 is 0. The lowest BCUT2D eigenvalue weighted by Gasteiger charge is -2.24. The molecule has 0 amide bonds. The Morgan fingerprint density at radius 1 is 1.22 bits per heavy atom. The number of nitrogens with two attached hydrogens (primary N) is 1. The van der Waals surface area contributed by atoms with E-state index in [9.17, 15) is 0 Å². The Hall–Kier alpha value is -2.03. The smallest absolute Gasteiger partial charge is 0.133 e. The molecule has 1 unspecified atom stereocenters. The largest absolute Gasteiger partial charge is 0.397 e. The van der Waals surface area contributed by atoms with Crippen molar-refractivity contribution in [3.8, 4) is 0 Å². The van der Waals surface area contributed by atoms with Crippen LogP contribution in [0.2, 0.25) is 0 Å². The summed E-state index contributed by atoms with van der Waals surface area (Å²) in [6.07, 6.45) is 1.07. The van der Waals surface area contributed by atoms with Crippen molar-refractivity contribution < 1.29 is 0 Å². The molecular formula is C15H17N3. The monoisotopic (exact) mass is 239 g/mol. The van der Waals surface area contributed by atoms with Crippen LogP contribution >= 0.6 is 0 Å². The second-order valence-electron chi connectivity index (χ2n) is 4.90. The zero-order valence-corrected chi connectivity index (χ0v) is 10.7. The normalized spacial score (nSPS) is 17.9. The lowest BCUT2D eigenvalue weighted by atomic mass is 10.1. The number of hydrogen-bond donors (Lipinski definition) is 1. The van der Waals surface area contributed by atoms with Crippen LogP contribution in [0.15, 0.2) is 36.4 Å². The van der Waals surface area contributed by atoms with Crippen LogP contribution in [0.1, 0.15) is 18.2 Å². The first-order chi connectivity index (χ1) is 8.66. The molecule has 0 radical (unpaired) electrons. The minimum absolute atomic E-state index is 0.443. The molecule has 1 aliphatic rings. The zero-order valence-electron chi connectivity index (χ0n) is 10.7. The maximum atomic E-state index is 5.84. The number of anilines is 3. The van der Waals surface area contributed by atoms with Gasteiger partial charge in [0.15, 0.2) is 0 Å². The van der Waals surface area contributed by atoms with Crippen molar-refractivity contribution >= 4 is 17.2 Å². The number of nitrogens with zero attached hydrogens (tertiary/aromatic N) is 2. The van der Waals surface area contributed by atoms with Gasteiger partial charge in [-0.25, -0.2) is 4.98 Å². The van der Waals surface area contributed by atoms with Gasteiger partial charge >= 0.3 is 0 Å². The summed E-state index contributed by atoms with van der Waals surface area (Å²) < 4.78 is 0. The molecule has 0 saturated heterocycles. The lowest BCUT2D eigenvalue weighted by molar-refractivity contribution is 0.749. The quantitative estimate of drug-likeness (QED) is 0.831. The van der Waals surface area contributed by atoms with Crippen LogP contribution in [0.5, 0.6) is 0 Å². The first-order valence-electron chi connectivity index (χ1n) is 6.27. The van der Waals surface area contributed by atoms with E-state index in [-0.39, 0.29) is 0 Å². The van der Waals surface area contributed by atoms with Crippen LogP contribution in [0.3, 0.4) is 0 Å². The van der Waals surface area contributed by atoms with E-state index >= 15 is 0 Å². The topological polar surface area (TPSA) is 42.2 Å². The molecule has 1 aromatic heterocycles. The molecule has 0 spiro atoms. The first kappa shape index (κ1) is 11.1. The minimum atomic E-state index is 0.443. The molecule has 3 heteroatoms. The number of fused-ring (bicyclic) bond motifs is 1. The number of rotatable bonds is 1. The SMILES string of the molecule is Cc1nc(N2c3ccccc3CC2C)ccc1N. The van der Waals surface area contributed by atoms with E-state index in [0.717, 1.165) is 23.6 Å². The van der Waals surface area contributed by atoms with Gasteiger partial charge in [0.25, 0.3) is 0 Å². The van der Waals surface area contributed by atoms with Gasteiger partial charge in [-0.15, -0.1) is 0 Å². The van der Waals surface area contributed by atoms with Crippen molar-refractivity contribution in [1.82, 2.24) is 4.98 Å². The molecule has 0 saturated carbocycles. The molecule has 2 aromatic rings. The molecule has 18 heavy (non-hydrogen) atoms. The fourth-order valence-corrected chi connectivity index (χ4v) is 2.61. The molecule has 0 fully saturated rings. The third-order valence-corrected chi connectivity index (χ3v) is 3.57. The average molecular weight is 239 g/mol. The summed E-state index contributed by atoms with van der Waals surface area (Å²) in [4.78, 5) is 6.90. The van der Waals surface area contributed by atoms with Crippen LogP contribution < -0.4 is 10.6 Å². The molecule has 1 aliphatic heterocycles. The number of benzene rings is 1. The van der Waals surface area contributed by atoms with Crippen LogP contribution in [-0.2, 0) is 6.42 Å². The van der Waals surface area contributed by atoms with Crippen molar-refractivity contribution in [2.75, 3.05) is 10.6 Å². The van der Waals surface area contributed by atoms with Gasteiger partial charge in [0.2, 0.25) is 0 Å². The third kappa shape index (κ3) is 1.63. The second kappa shape index (κ2) is 4.02. The summed E-state index contributed by atoms with van der Waals surface area (Å²) in [6.45, 7) is 4.18. The summed E-state index contributed by atoms with van der Waals surface area (Å²) in [5.74, 6) is 0.985. The Morgan fingerprint density at radius 2 is 2.00 bits per heavy atom. The van der Waals surface area contributed by atoms with Crippen LogP contribution in [0, 0.1) is 6.92 Å². The molecule has 0 aliphatic carbocycles. The van der Waals surface area contributed by atoms with E-state index in [2.05, 4.69) is 41.1 Å². The van der Waals surface area contributed by atoms with E-state index in [1.807, 2.05) is 19.1 Å². The van der Waals surface area contributed by atoms with E-state index in [4.69, 9.17) is 5.73 Å². The summed E-state index contributed by atoms with van der Waals surface area (Å²) in [5.41, 5.74) is 10.1. The van der Waals surface area contributed by atoms with Crippen molar-refractivity contribution in [1.29, 1.82) is 0 Å². The fraction of sp³-hybridized carbons (Fsp3) is 0.267. The Labute approximate surface area is 107 Å². The number of nitrogen functional groups attached to an aromatic ring is 1. The van der Waals surface area contributed by atoms with Gasteiger partial charge in [-0.05, 0) is 44.0 Å². The minimum Gasteiger partial charge on any atom is -0.397 e. The van der Waals surface area contributed by atoms with Crippen molar-refractivity contribution in [3.05, 3.63) is 47.7 Å². The predicted molar refractivity (Wildman–Crippen MR) is 75.1 cm³/mol. The van der Waals surface area contributed by atoms with Crippen LogP contribution in [0.4, 0.5) is 17.2 Å². The third-order valence-electron chi connectivity index (χ3n) is 3.57. The molecule has 92 valence electrons. The Morgan fingerprint density at radius 3 is 2.78 bits per heavy atom. The fourth-order valence-electron chi connectivity index (χ4n) is 2.61. The Bertz CT molecular complexity index is 592. The van der Waals surface area contributed by atoms with E-state index in [1.54, 1.807) is 0 Å². The highest BCUT2D eigenvalue weighted by atomic mass is 15.2. The van der Waals surface area contributed by atoms with Crippen LogP contribution in [0.25, 0.3) is 0 Å². The molecule has 1 atom stereocenters. The number of hydrogen-bond acceptors (Lipinski definition) is 3. The van der Waals surface area contributed by atoms with E-state index in [0.29, 0.717) is 6.04 Å². The van der Waals surface area contributed by atoms with Gasteiger partial charge in [-0.2, -0.15) is 0 Å². The first-order valence-corrected chi connectivity index (χ1v) is 6.27. The molecule has 0 bridgehead atoms. The summed E-state index contributed by atoms with van der Waals surface area (Å²) in [6, 6.07) is 12.9. The number of aromatic nitrogens is 1. The van der Waals surface area contributed by atoms with E-state index < -0.39 is 0 Å². The Kier molecular flexibility index (Phi) is 2.47. The van der Waals surface area contributed by atoms with E-state index in [1.165, 1.54) is 11.3 Å². The maximum absolute atomic E-state index is 5.84.